The third-order valence-corrected chi connectivity index (χ3v) is 4.45. The molecule has 1 N–H and O–H groups in total. The number of rotatable bonds is 3. The van der Waals surface area contributed by atoms with Gasteiger partial charge in [-0.25, -0.2) is 4.39 Å². The Morgan fingerprint density at radius 2 is 2.20 bits per heavy atom. The minimum absolute atomic E-state index is 0.160. The van der Waals surface area contributed by atoms with Crippen molar-refractivity contribution in [2.45, 2.75) is 44.4 Å². The first-order valence-corrected chi connectivity index (χ1v) is 7.61. The van der Waals surface area contributed by atoms with Gasteiger partial charge in [-0.2, -0.15) is 0 Å². The van der Waals surface area contributed by atoms with E-state index in [1.165, 1.54) is 24.9 Å². The lowest BCUT2D eigenvalue weighted by molar-refractivity contribution is -0.00874. The maximum absolute atomic E-state index is 13.5. The van der Waals surface area contributed by atoms with Crippen LogP contribution in [0.2, 0.25) is 0 Å². The molecule has 110 valence electrons. The van der Waals surface area contributed by atoms with Crippen molar-refractivity contribution in [3.8, 4) is 0 Å². The van der Waals surface area contributed by atoms with Crippen LogP contribution in [-0.4, -0.2) is 32.3 Å². The number of nitrogens with one attached hydrogen (secondary N) is 1. The zero-order valence-electron chi connectivity index (χ0n) is 12.1. The van der Waals surface area contributed by atoms with Crippen LogP contribution >= 0.6 is 0 Å². The summed E-state index contributed by atoms with van der Waals surface area (Å²) in [5.74, 6) is -0.160. The zero-order valence-corrected chi connectivity index (χ0v) is 12.1. The van der Waals surface area contributed by atoms with E-state index in [1.807, 2.05) is 13.1 Å². The molecule has 2 aliphatic rings. The second-order valence-electron chi connectivity index (χ2n) is 5.76. The van der Waals surface area contributed by atoms with Gasteiger partial charge in [-0.3, -0.25) is 0 Å². The SMILES string of the molecule is CNCc1cc(F)ccc1N1CCOC2CCCCC21. The lowest BCUT2D eigenvalue weighted by Crippen LogP contribution is -2.53. The number of halogens is 1. The minimum Gasteiger partial charge on any atom is -0.374 e. The molecule has 3 nitrogen and oxygen atoms in total. The van der Waals surface area contributed by atoms with Crippen LogP contribution in [0.15, 0.2) is 18.2 Å². The average Bonchev–Trinajstić information content (AvgIpc) is 2.47. The minimum atomic E-state index is -0.160. The first-order chi connectivity index (χ1) is 9.79. The third kappa shape index (κ3) is 2.67. The molecule has 1 saturated carbocycles. The van der Waals surface area contributed by atoms with Crippen molar-refractivity contribution in [2.24, 2.45) is 0 Å². The van der Waals surface area contributed by atoms with Crippen molar-refractivity contribution in [3.05, 3.63) is 29.6 Å². The Balaban J connectivity index is 1.90. The van der Waals surface area contributed by atoms with E-state index in [1.54, 1.807) is 12.1 Å². The molecule has 1 aromatic rings. The first kappa shape index (κ1) is 13.8. The second-order valence-corrected chi connectivity index (χ2v) is 5.76. The Hall–Kier alpha value is -1.13. The van der Waals surface area contributed by atoms with E-state index in [0.29, 0.717) is 18.7 Å². The van der Waals surface area contributed by atoms with Gasteiger partial charge in [0.1, 0.15) is 5.82 Å². The van der Waals surface area contributed by atoms with E-state index < -0.39 is 0 Å². The second kappa shape index (κ2) is 6.10. The smallest absolute Gasteiger partial charge is 0.123 e. The number of hydrogen-bond acceptors (Lipinski definition) is 3. The molecular formula is C16H23FN2O. The largest absolute Gasteiger partial charge is 0.374 e. The number of nitrogens with zero attached hydrogens (tertiary/aromatic N) is 1. The number of benzene rings is 1. The van der Waals surface area contributed by atoms with Gasteiger partial charge in [0.15, 0.2) is 0 Å². The Labute approximate surface area is 120 Å². The number of anilines is 1. The van der Waals surface area contributed by atoms with E-state index in [9.17, 15) is 4.39 Å². The molecule has 1 aliphatic heterocycles. The van der Waals surface area contributed by atoms with E-state index in [0.717, 1.165) is 25.1 Å². The van der Waals surface area contributed by atoms with Gasteiger partial charge < -0.3 is 15.0 Å². The van der Waals surface area contributed by atoms with Gasteiger partial charge in [-0.15, -0.1) is 0 Å². The summed E-state index contributed by atoms with van der Waals surface area (Å²) in [6, 6.07) is 5.61. The van der Waals surface area contributed by atoms with Gasteiger partial charge in [-0.05, 0) is 43.7 Å². The number of fused-ring (bicyclic) bond motifs is 1. The molecule has 1 aliphatic carbocycles. The van der Waals surface area contributed by atoms with Crippen LogP contribution in [-0.2, 0) is 11.3 Å². The Kier molecular flexibility index (Phi) is 4.22. The molecule has 0 radical (unpaired) electrons. The standard InChI is InChI=1S/C16H23FN2O/c1-18-11-12-10-13(17)6-7-14(12)19-8-9-20-16-5-3-2-4-15(16)19/h6-7,10,15-16,18H,2-5,8-9,11H2,1H3. The highest BCUT2D eigenvalue weighted by molar-refractivity contribution is 5.55. The van der Waals surface area contributed by atoms with Gasteiger partial charge in [-0.1, -0.05) is 12.8 Å². The normalized spacial score (nSPS) is 26.4. The molecule has 2 unspecified atom stereocenters. The van der Waals surface area contributed by atoms with E-state index in [4.69, 9.17) is 4.74 Å². The third-order valence-electron chi connectivity index (χ3n) is 4.45. The molecule has 1 heterocycles. The van der Waals surface area contributed by atoms with Crippen LogP contribution in [0.3, 0.4) is 0 Å². The van der Waals surface area contributed by atoms with Crippen molar-refractivity contribution in [2.75, 3.05) is 25.1 Å². The topological polar surface area (TPSA) is 24.5 Å². The van der Waals surface area contributed by atoms with Gasteiger partial charge in [0, 0.05) is 18.8 Å². The lowest BCUT2D eigenvalue weighted by atomic mass is 9.89. The van der Waals surface area contributed by atoms with Crippen LogP contribution < -0.4 is 10.2 Å². The fourth-order valence-corrected chi connectivity index (χ4v) is 3.56. The van der Waals surface area contributed by atoms with E-state index in [-0.39, 0.29) is 5.82 Å². The number of morpholine rings is 1. The van der Waals surface area contributed by atoms with Crippen LogP contribution in [0.25, 0.3) is 0 Å². The van der Waals surface area contributed by atoms with Crippen molar-refractivity contribution in [3.63, 3.8) is 0 Å². The van der Waals surface area contributed by atoms with Crippen LogP contribution in [0.1, 0.15) is 31.2 Å². The Morgan fingerprint density at radius 1 is 1.35 bits per heavy atom. The quantitative estimate of drug-likeness (QED) is 0.920. The monoisotopic (exact) mass is 278 g/mol. The Bertz CT molecular complexity index is 464. The van der Waals surface area contributed by atoms with Crippen molar-refractivity contribution in [1.29, 1.82) is 0 Å². The van der Waals surface area contributed by atoms with Gasteiger partial charge in [0.25, 0.3) is 0 Å². The van der Waals surface area contributed by atoms with Crippen molar-refractivity contribution in [1.82, 2.24) is 5.32 Å². The molecule has 4 heteroatoms. The van der Waals surface area contributed by atoms with E-state index >= 15 is 0 Å². The molecule has 0 aromatic heterocycles. The number of ether oxygens (including phenoxy) is 1. The first-order valence-electron chi connectivity index (χ1n) is 7.61. The molecule has 20 heavy (non-hydrogen) atoms. The summed E-state index contributed by atoms with van der Waals surface area (Å²) in [4.78, 5) is 2.44. The molecule has 1 aromatic carbocycles. The molecule has 2 fully saturated rings. The molecule has 1 saturated heterocycles. The molecular weight excluding hydrogens is 255 g/mol. The summed E-state index contributed by atoms with van der Waals surface area (Å²) >= 11 is 0. The summed E-state index contributed by atoms with van der Waals surface area (Å²) in [6.07, 6.45) is 5.22. The zero-order chi connectivity index (χ0) is 13.9. The predicted octanol–water partition coefficient (Wildman–Crippen LogP) is 2.69. The highest BCUT2D eigenvalue weighted by Gasteiger charge is 2.34. The average molecular weight is 278 g/mol. The van der Waals surface area contributed by atoms with Crippen LogP contribution in [0.4, 0.5) is 10.1 Å². The maximum atomic E-state index is 13.5. The molecule has 2 atom stereocenters. The fraction of sp³-hybridized carbons (Fsp3) is 0.625. The molecule has 0 spiro atoms. The van der Waals surface area contributed by atoms with Gasteiger partial charge >= 0.3 is 0 Å². The van der Waals surface area contributed by atoms with Crippen LogP contribution in [0, 0.1) is 5.82 Å². The molecule has 0 amide bonds. The highest BCUT2D eigenvalue weighted by atomic mass is 19.1. The summed E-state index contributed by atoms with van der Waals surface area (Å²) < 4.78 is 19.4. The summed E-state index contributed by atoms with van der Waals surface area (Å²) in [6.45, 7) is 2.38. The van der Waals surface area contributed by atoms with Gasteiger partial charge in [0.2, 0.25) is 0 Å². The van der Waals surface area contributed by atoms with Crippen molar-refractivity contribution < 1.29 is 9.13 Å². The number of hydrogen-bond donors (Lipinski definition) is 1. The van der Waals surface area contributed by atoms with Crippen LogP contribution in [0.5, 0.6) is 0 Å². The van der Waals surface area contributed by atoms with Gasteiger partial charge in [0.05, 0.1) is 18.8 Å². The predicted molar refractivity (Wildman–Crippen MR) is 78.5 cm³/mol. The lowest BCUT2D eigenvalue weighted by Gasteiger charge is -2.45. The summed E-state index contributed by atoms with van der Waals surface area (Å²) in [5.41, 5.74) is 2.21. The maximum Gasteiger partial charge on any atom is 0.123 e. The summed E-state index contributed by atoms with van der Waals surface area (Å²) in [7, 11) is 1.90. The molecule has 3 rings (SSSR count). The molecule has 0 bridgehead atoms. The highest BCUT2D eigenvalue weighted by Crippen LogP contribution is 2.33. The fourth-order valence-electron chi connectivity index (χ4n) is 3.56. The summed E-state index contributed by atoms with van der Waals surface area (Å²) in [5, 5.41) is 3.14. The Morgan fingerprint density at radius 3 is 3.05 bits per heavy atom. The van der Waals surface area contributed by atoms with Crippen molar-refractivity contribution >= 4 is 5.69 Å². The van der Waals surface area contributed by atoms with E-state index in [2.05, 4.69) is 10.2 Å².